The summed E-state index contributed by atoms with van der Waals surface area (Å²) in [6.45, 7) is 2.68. The van der Waals surface area contributed by atoms with Gasteiger partial charge in [0, 0.05) is 18.7 Å². The number of rotatable bonds is 1. The minimum atomic E-state index is -0.300. The zero-order valence-corrected chi connectivity index (χ0v) is 8.37. The van der Waals surface area contributed by atoms with Crippen molar-refractivity contribution in [2.75, 3.05) is 26.3 Å². The van der Waals surface area contributed by atoms with Crippen molar-refractivity contribution in [2.45, 2.75) is 0 Å². The fraction of sp³-hybridized carbons (Fsp3) is 0.364. The van der Waals surface area contributed by atoms with Crippen LogP contribution in [-0.4, -0.2) is 37.0 Å². The molecular formula is C11H13FN2O. The third-order valence-corrected chi connectivity index (χ3v) is 2.43. The van der Waals surface area contributed by atoms with Crippen molar-refractivity contribution in [2.24, 2.45) is 0 Å². The summed E-state index contributed by atoms with van der Waals surface area (Å²) in [5.74, 6) is 0.0725. The molecule has 2 rings (SSSR count). The minimum Gasteiger partial charge on any atom is -0.378 e. The van der Waals surface area contributed by atoms with E-state index < -0.39 is 0 Å². The first kappa shape index (κ1) is 10.1. The molecular weight excluding hydrogens is 195 g/mol. The molecule has 1 aliphatic heterocycles. The van der Waals surface area contributed by atoms with E-state index in [1.807, 2.05) is 4.90 Å². The van der Waals surface area contributed by atoms with E-state index >= 15 is 0 Å². The second-order valence-electron chi connectivity index (χ2n) is 3.46. The molecule has 3 nitrogen and oxygen atoms in total. The highest BCUT2D eigenvalue weighted by Crippen LogP contribution is 2.08. The van der Waals surface area contributed by atoms with Crippen LogP contribution in [0.3, 0.4) is 0 Å². The van der Waals surface area contributed by atoms with Crippen molar-refractivity contribution in [3.63, 3.8) is 0 Å². The number of hydrogen-bond acceptors (Lipinski definition) is 2. The zero-order valence-electron chi connectivity index (χ0n) is 8.37. The average molecular weight is 208 g/mol. The molecule has 4 heteroatoms. The topological polar surface area (TPSA) is 36.3 Å². The van der Waals surface area contributed by atoms with Gasteiger partial charge in [0.05, 0.1) is 13.2 Å². The Labute approximate surface area is 88.0 Å². The molecule has 1 fully saturated rings. The smallest absolute Gasteiger partial charge is 0.128 e. The van der Waals surface area contributed by atoms with Crippen LogP contribution in [-0.2, 0) is 4.74 Å². The number of ether oxygens (including phenoxy) is 1. The number of amidine groups is 1. The van der Waals surface area contributed by atoms with E-state index in [-0.39, 0.29) is 5.82 Å². The fourth-order valence-corrected chi connectivity index (χ4v) is 1.61. The summed E-state index contributed by atoms with van der Waals surface area (Å²) in [4.78, 5) is 1.90. The lowest BCUT2D eigenvalue weighted by molar-refractivity contribution is 0.0680. The quantitative estimate of drug-likeness (QED) is 0.560. The zero-order chi connectivity index (χ0) is 10.7. The molecule has 0 bridgehead atoms. The maximum atomic E-state index is 13.0. The predicted molar refractivity (Wildman–Crippen MR) is 55.6 cm³/mol. The first-order valence-corrected chi connectivity index (χ1v) is 4.94. The molecule has 1 aromatic rings. The lowest BCUT2D eigenvalue weighted by Crippen LogP contribution is -2.40. The van der Waals surface area contributed by atoms with E-state index in [9.17, 15) is 4.39 Å². The van der Waals surface area contributed by atoms with E-state index in [0.717, 1.165) is 0 Å². The van der Waals surface area contributed by atoms with Gasteiger partial charge in [0.25, 0.3) is 0 Å². The Bertz CT molecular complexity index is 361. The van der Waals surface area contributed by atoms with E-state index in [1.165, 1.54) is 12.1 Å². The van der Waals surface area contributed by atoms with Gasteiger partial charge in [-0.15, -0.1) is 0 Å². The second-order valence-corrected chi connectivity index (χ2v) is 3.46. The molecule has 0 radical (unpaired) electrons. The highest BCUT2D eigenvalue weighted by atomic mass is 19.1. The van der Waals surface area contributed by atoms with Gasteiger partial charge in [-0.3, -0.25) is 5.41 Å². The third kappa shape index (κ3) is 2.33. The van der Waals surface area contributed by atoms with Crippen LogP contribution >= 0.6 is 0 Å². The van der Waals surface area contributed by atoms with Crippen LogP contribution < -0.4 is 0 Å². The monoisotopic (exact) mass is 208 g/mol. The Hall–Kier alpha value is -1.42. The number of nitrogens with zero attached hydrogens (tertiary/aromatic N) is 1. The van der Waals surface area contributed by atoms with Gasteiger partial charge in [-0.1, -0.05) is 12.1 Å². The first-order chi connectivity index (χ1) is 7.27. The maximum Gasteiger partial charge on any atom is 0.128 e. The highest BCUT2D eigenvalue weighted by molar-refractivity contribution is 5.96. The second kappa shape index (κ2) is 4.40. The summed E-state index contributed by atoms with van der Waals surface area (Å²) in [6, 6.07) is 6.15. The largest absolute Gasteiger partial charge is 0.378 e. The molecule has 0 spiro atoms. The van der Waals surface area contributed by atoms with Gasteiger partial charge >= 0.3 is 0 Å². The Kier molecular flexibility index (Phi) is 2.97. The van der Waals surface area contributed by atoms with Crippen molar-refractivity contribution < 1.29 is 9.13 Å². The van der Waals surface area contributed by atoms with E-state index in [2.05, 4.69) is 0 Å². The minimum absolute atomic E-state index is 0.300. The summed E-state index contributed by atoms with van der Waals surface area (Å²) >= 11 is 0. The van der Waals surface area contributed by atoms with Crippen molar-refractivity contribution >= 4 is 5.84 Å². The van der Waals surface area contributed by atoms with Gasteiger partial charge in [-0.25, -0.2) is 4.39 Å². The summed E-state index contributed by atoms with van der Waals surface area (Å²) in [7, 11) is 0. The standard InChI is InChI=1S/C11H13FN2O/c12-10-3-1-2-9(8-10)11(13)14-4-6-15-7-5-14/h1-3,8,13H,4-7H2. The van der Waals surface area contributed by atoms with Crippen LogP contribution in [0.4, 0.5) is 4.39 Å². The van der Waals surface area contributed by atoms with Crippen LogP contribution in [0.25, 0.3) is 0 Å². The molecule has 1 saturated heterocycles. The lowest BCUT2D eigenvalue weighted by Gasteiger charge is -2.29. The SMILES string of the molecule is N=C(c1cccc(F)c1)N1CCOCC1. The molecule has 80 valence electrons. The molecule has 0 saturated carbocycles. The maximum absolute atomic E-state index is 13.0. The molecule has 0 aliphatic carbocycles. The molecule has 0 amide bonds. The van der Waals surface area contributed by atoms with E-state index in [0.29, 0.717) is 37.7 Å². The van der Waals surface area contributed by atoms with Crippen LogP contribution in [0.15, 0.2) is 24.3 Å². The fourth-order valence-electron chi connectivity index (χ4n) is 1.61. The van der Waals surface area contributed by atoms with Gasteiger partial charge in [-0.05, 0) is 12.1 Å². The normalized spacial score (nSPS) is 16.5. The van der Waals surface area contributed by atoms with Gasteiger partial charge in [0.2, 0.25) is 0 Å². The predicted octanol–water partition coefficient (Wildman–Crippen LogP) is 1.48. The summed E-state index contributed by atoms with van der Waals surface area (Å²) in [5.41, 5.74) is 0.622. The lowest BCUT2D eigenvalue weighted by atomic mass is 10.2. The third-order valence-electron chi connectivity index (χ3n) is 2.43. The number of benzene rings is 1. The first-order valence-electron chi connectivity index (χ1n) is 4.94. The number of nitrogens with one attached hydrogen (secondary N) is 1. The Morgan fingerprint density at radius 2 is 2.07 bits per heavy atom. The number of morpholine rings is 1. The van der Waals surface area contributed by atoms with Crippen molar-refractivity contribution in [1.82, 2.24) is 4.90 Å². The van der Waals surface area contributed by atoms with Gasteiger partial charge in [-0.2, -0.15) is 0 Å². The van der Waals surface area contributed by atoms with Gasteiger partial charge < -0.3 is 9.64 Å². The van der Waals surface area contributed by atoms with Crippen LogP contribution in [0.1, 0.15) is 5.56 Å². The number of halogens is 1. The van der Waals surface area contributed by atoms with Crippen molar-refractivity contribution in [1.29, 1.82) is 5.41 Å². The Balaban J connectivity index is 2.12. The molecule has 1 heterocycles. The Morgan fingerprint density at radius 3 is 2.73 bits per heavy atom. The number of hydrogen-bond donors (Lipinski definition) is 1. The van der Waals surface area contributed by atoms with Gasteiger partial charge in [0.1, 0.15) is 11.7 Å². The average Bonchev–Trinajstić information content (AvgIpc) is 2.29. The molecule has 0 unspecified atom stereocenters. The van der Waals surface area contributed by atoms with Crippen LogP contribution in [0.5, 0.6) is 0 Å². The highest BCUT2D eigenvalue weighted by Gasteiger charge is 2.15. The molecule has 1 aromatic carbocycles. The van der Waals surface area contributed by atoms with Crippen molar-refractivity contribution in [3.8, 4) is 0 Å². The van der Waals surface area contributed by atoms with Gasteiger partial charge in [0.15, 0.2) is 0 Å². The van der Waals surface area contributed by atoms with E-state index in [1.54, 1.807) is 12.1 Å². The van der Waals surface area contributed by atoms with Crippen molar-refractivity contribution in [3.05, 3.63) is 35.6 Å². The summed E-state index contributed by atoms with van der Waals surface area (Å²) < 4.78 is 18.2. The Morgan fingerprint density at radius 1 is 1.33 bits per heavy atom. The summed E-state index contributed by atoms with van der Waals surface area (Å²) in [5, 5.41) is 7.92. The molecule has 0 aromatic heterocycles. The van der Waals surface area contributed by atoms with Crippen LogP contribution in [0, 0.1) is 11.2 Å². The van der Waals surface area contributed by atoms with Crippen LogP contribution in [0.2, 0.25) is 0 Å². The molecule has 15 heavy (non-hydrogen) atoms. The summed E-state index contributed by atoms with van der Waals surface area (Å²) in [6.07, 6.45) is 0. The molecule has 0 atom stereocenters. The molecule has 1 N–H and O–H groups in total. The molecule has 1 aliphatic rings. The van der Waals surface area contributed by atoms with E-state index in [4.69, 9.17) is 10.1 Å².